The van der Waals surface area contributed by atoms with Crippen LogP contribution in [0.3, 0.4) is 0 Å². The van der Waals surface area contributed by atoms with E-state index in [9.17, 15) is 0 Å². The monoisotopic (exact) mass is 293 g/mol. The van der Waals surface area contributed by atoms with Gasteiger partial charge in [0, 0.05) is 30.9 Å². The maximum Gasteiger partial charge on any atom is 0.0771 e. The molecule has 5 heteroatoms. The van der Waals surface area contributed by atoms with E-state index in [1.807, 2.05) is 10.9 Å². The van der Waals surface area contributed by atoms with Gasteiger partial charge < -0.3 is 14.8 Å². The first-order chi connectivity index (χ1) is 10.1. The van der Waals surface area contributed by atoms with Crippen molar-refractivity contribution in [1.82, 2.24) is 9.78 Å². The summed E-state index contributed by atoms with van der Waals surface area (Å²) in [6, 6.07) is 0.453. The lowest BCUT2D eigenvalue weighted by molar-refractivity contribution is -0.0975. The topological polar surface area (TPSA) is 48.3 Å². The van der Waals surface area contributed by atoms with E-state index in [1.54, 1.807) is 0 Å². The lowest BCUT2D eigenvalue weighted by Gasteiger charge is -2.51. The van der Waals surface area contributed by atoms with Crippen molar-refractivity contribution in [3.63, 3.8) is 0 Å². The van der Waals surface area contributed by atoms with Gasteiger partial charge in [-0.15, -0.1) is 0 Å². The minimum atomic E-state index is 0.173. The molecule has 1 aliphatic carbocycles. The van der Waals surface area contributed by atoms with E-state index in [2.05, 4.69) is 37.4 Å². The molecule has 1 N–H and O–H groups in total. The second kappa shape index (κ2) is 5.97. The van der Waals surface area contributed by atoms with E-state index in [-0.39, 0.29) is 5.41 Å². The van der Waals surface area contributed by atoms with Gasteiger partial charge in [-0.25, -0.2) is 0 Å². The van der Waals surface area contributed by atoms with Crippen LogP contribution in [0.25, 0.3) is 0 Å². The van der Waals surface area contributed by atoms with Crippen LogP contribution in [0.2, 0.25) is 0 Å². The van der Waals surface area contributed by atoms with Crippen LogP contribution < -0.4 is 5.32 Å². The normalized spacial score (nSPS) is 31.1. The number of hydrogen-bond acceptors (Lipinski definition) is 4. The summed E-state index contributed by atoms with van der Waals surface area (Å²) in [7, 11) is 0. The molecular formula is C16H27N3O2. The molecule has 3 atom stereocenters. The fourth-order valence-corrected chi connectivity index (χ4v) is 3.35. The molecular weight excluding hydrogens is 266 g/mol. The maximum atomic E-state index is 5.78. The SMILES string of the molecule is CCOC1CC(Nc2cnn(CC3CCCO3)c2)C1(C)C. The van der Waals surface area contributed by atoms with Crippen LogP contribution >= 0.6 is 0 Å². The molecule has 1 aliphatic heterocycles. The highest BCUT2D eigenvalue weighted by molar-refractivity contribution is 5.41. The van der Waals surface area contributed by atoms with Crippen molar-refractivity contribution in [2.45, 2.75) is 64.8 Å². The number of aromatic nitrogens is 2. The molecule has 0 bridgehead atoms. The van der Waals surface area contributed by atoms with Crippen molar-refractivity contribution in [3.8, 4) is 0 Å². The van der Waals surface area contributed by atoms with Gasteiger partial charge in [-0.3, -0.25) is 4.68 Å². The van der Waals surface area contributed by atoms with Gasteiger partial charge in [-0.1, -0.05) is 13.8 Å². The highest BCUT2D eigenvalue weighted by Crippen LogP contribution is 2.44. The van der Waals surface area contributed by atoms with Crippen LogP contribution in [0.5, 0.6) is 0 Å². The second-order valence-corrected chi connectivity index (χ2v) is 6.78. The van der Waals surface area contributed by atoms with E-state index in [4.69, 9.17) is 9.47 Å². The lowest BCUT2D eigenvalue weighted by atomic mass is 9.64. The number of hydrogen-bond donors (Lipinski definition) is 1. The van der Waals surface area contributed by atoms with Crippen molar-refractivity contribution < 1.29 is 9.47 Å². The predicted molar refractivity (Wildman–Crippen MR) is 82.4 cm³/mol. The molecule has 21 heavy (non-hydrogen) atoms. The smallest absolute Gasteiger partial charge is 0.0771 e. The van der Waals surface area contributed by atoms with E-state index in [1.165, 1.54) is 6.42 Å². The van der Waals surface area contributed by atoms with Crippen molar-refractivity contribution in [1.29, 1.82) is 0 Å². The Morgan fingerprint density at radius 2 is 2.38 bits per heavy atom. The van der Waals surface area contributed by atoms with Gasteiger partial charge in [0.2, 0.25) is 0 Å². The number of ether oxygens (including phenoxy) is 2. The van der Waals surface area contributed by atoms with Crippen LogP contribution in [0.4, 0.5) is 5.69 Å². The Bertz CT molecular complexity index is 466. The summed E-state index contributed by atoms with van der Waals surface area (Å²) in [5, 5.41) is 8.04. The van der Waals surface area contributed by atoms with Crippen molar-refractivity contribution in [3.05, 3.63) is 12.4 Å². The van der Waals surface area contributed by atoms with Crippen LogP contribution in [-0.2, 0) is 16.0 Å². The molecule has 5 nitrogen and oxygen atoms in total. The molecule has 1 aromatic heterocycles. The molecule has 2 aliphatic rings. The molecule has 1 saturated carbocycles. The summed E-state index contributed by atoms with van der Waals surface area (Å²) < 4.78 is 13.4. The molecule has 3 rings (SSSR count). The Morgan fingerprint density at radius 3 is 3.05 bits per heavy atom. The maximum absolute atomic E-state index is 5.78. The molecule has 2 fully saturated rings. The van der Waals surface area contributed by atoms with Gasteiger partial charge in [0.25, 0.3) is 0 Å². The van der Waals surface area contributed by atoms with Crippen molar-refractivity contribution in [2.75, 3.05) is 18.5 Å². The Balaban J connectivity index is 1.53. The number of rotatable bonds is 6. The summed E-state index contributed by atoms with van der Waals surface area (Å²) in [5.41, 5.74) is 1.27. The standard InChI is InChI=1S/C16H27N3O2/c1-4-20-15-8-14(16(15,2)3)18-12-9-17-19(10-12)11-13-6-5-7-21-13/h9-10,13-15,18H,4-8,11H2,1-3H3. The molecule has 0 amide bonds. The number of nitrogens with one attached hydrogen (secondary N) is 1. The highest BCUT2D eigenvalue weighted by Gasteiger charge is 2.48. The second-order valence-electron chi connectivity index (χ2n) is 6.78. The Hall–Kier alpha value is -1.07. The zero-order chi connectivity index (χ0) is 14.9. The fraction of sp³-hybridized carbons (Fsp3) is 0.812. The van der Waals surface area contributed by atoms with Gasteiger partial charge >= 0.3 is 0 Å². The van der Waals surface area contributed by atoms with Crippen LogP contribution in [0, 0.1) is 5.41 Å². The first-order valence-electron chi connectivity index (χ1n) is 8.11. The first kappa shape index (κ1) is 14.9. The van der Waals surface area contributed by atoms with Gasteiger partial charge in [-0.05, 0) is 26.2 Å². The Kier molecular flexibility index (Phi) is 4.22. The van der Waals surface area contributed by atoms with Crippen LogP contribution in [-0.4, -0.2) is 41.2 Å². The fourth-order valence-electron chi connectivity index (χ4n) is 3.35. The summed E-state index contributed by atoms with van der Waals surface area (Å²) >= 11 is 0. The summed E-state index contributed by atoms with van der Waals surface area (Å²) in [6.45, 7) is 9.14. The van der Waals surface area contributed by atoms with Crippen molar-refractivity contribution >= 4 is 5.69 Å². The molecule has 0 aromatic carbocycles. The molecule has 3 unspecified atom stereocenters. The van der Waals surface area contributed by atoms with Crippen molar-refractivity contribution in [2.24, 2.45) is 5.41 Å². The minimum Gasteiger partial charge on any atom is -0.379 e. The third-order valence-corrected chi connectivity index (χ3v) is 4.93. The zero-order valence-corrected chi connectivity index (χ0v) is 13.3. The van der Waals surface area contributed by atoms with E-state index >= 15 is 0 Å². The van der Waals surface area contributed by atoms with Crippen LogP contribution in [0.1, 0.15) is 40.0 Å². The first-order valence-corrected chi connectivity index (χ1v) is 8.11. The summed E-state index contributed by atoms with van der Waals surface area (Å²) in [5.74, 6) is 0. The third-order valence-electron chi connectivity index (χ3n) is 4.93. The molecule has 1 aromatic rings. The quantitative estimate of drug-likeness (QED) is 0.876. The molecule has 2 heterocycles. The average Bonchev–Trinajstić information content (AvgIpc) is 3.10. The third kappa shape index (κ3) is 3.09. The number of nitrogens with zero attached hydrogens (tertiary/aromatic N) is 2. The lowest BCUT2D eigenvalue weighted by Crippen LogP contribution is -2.58. The summed E-state index contributed by atoms with van der Waals surface area (Å²) in [4.78, 5) is 0. The highest BCUT2D eigenvalue weighted by atomic mass is 16.5. The summed E-state index contributed by atoms with van der Waals surface area (Å²) in [6.07, 6.45) is 8.09. The molecule has 118 valence electrons. The average molecular weight is 293 g/mol. The van der Waals surface area contributed by atoms with E-state index in [0.29, 0.717) is 18.2 Å². The van der Waals surface area contributed by atoms with Crippen LogP contribution in [0.15, 0.2) is 12.4 Å². The molecule has 1 saturated heterocycles. The van der Waals surface area contributed by atoms with Gasteiger partial charge in [0.05, 0.1) is 30.6 Å². The molecule has 0 radical (unpaired) electrons. The zero-order valence-electron chi connectivity index (χ0n) is 13.3. The minimum absolute atomic E-state index is 0.173. The predicted octanol–water partition coefficient (Wildman–Crippen LogP) is 2.68. The van der Waals surface area contributed by atoms with Gasteiger partial charge in [0.1, 0.15) is 0 Å². The van der Waals surface area contributed by atoms with E-state index < -0.39 is 0 Å². The van der Waals surface area contributed by atoms with Gasteiger partial charge in [0.15, 0.2) is 0 Å². The Labute approximate surface area is 127 Å². The largest absolute Gasteiger partial charge is 0.379 e. The van der Waals surface area contributed by atoms with Gasteiger partial charge in [-0.2, -0.15) is 5.10 Å². The number of anilines is 1. The molecule has 0 spiro atoms. The Morgan fingerprint density at radius 1 is 1.52 bits per heavy atom. The van der Waals surface area contributed by atoms with E-state index in [0.717, 1.165) is 38.3 Å².